The standard InChI is InChI=1S/C16H28BrN3O2S.HI/c1-3-5-7-21-9-10-22-8-6-19-16(18-4-2)20-12-15-11-14(17)13-23-15;/h11,13H,3-10,12H2,1-2H3,(H2,18,19,20);1H. The Hall–Kier alpha value is 0.1000. The van der Waals surface area contributed by atoms with Gasteiger partial charge in [0.05, 0.1) is 26.4 Å². The zero-order valence-corrected chi connectivity index (χ0v) is 19.2. The van der Waals surface area contributed by atoms with E-state index in [4.69, 9.17) is 9.47 Å². The first-order chi connectivity index (χ1) is 11.3. The molecule has 1 rings (SSSR count). The van der Waals surface area contributed by atoms with E-state index in [-0.39, 0.29) is 24.0 Å². The Labute approximate surface area is 175 Å². The minimum absolute atomic E-state index is 0. The molecule has 0 radical (unpaired) electrons. The highest BCUT2D eigenvalue weighted by atomic mass is 127. The summed E-state index contributed by atoms with van der Waals surface area (Å²) in [6.45, 7) is 9.25. The fourth-order valence-electron chi connectivity index (χ4n) is 1.75. The van der Waals surface area contributed by atoms with E-state index in [1.807, 2.05) is 0 Å². The van der Waals surface area contributed by atoms with E-state index >= 15 is 0 Å². The monoisotopic (exact) mass is 533 g/mol. The summed E-state index contributed by atoms with van der Waals surface area (Å²) in [7, 11) is 0. The Morgan fingerprint density at radius 3 is 2.54 bits per heavy atom. The average Bonchev–Trinajstić information content (AvgIpc) is 2.96. The van der Waals surface area contributed by atoms with E-state index < -0.39 is 0 Å². The van der Waals surface area contributed by atoms with Crippen LogP contribution in [0.4, 0.5) is 0 Å². The predicted molar refractivity (Wildman–Crippen MR) is 117 cm³/mol. The molecule has 0 bridgehead atoms. The van der Waals surface area contributed by atoms with Gasteiger partial charge in [0.25, 0.3) is 0 Å². The fourth-order valence-corrected chi connectivity index (χ4v) is 3.12. The number of guanidine groups is 1. The maximum absolute atomic E-state index is 5.53. The minimum Gasteiger partial charge on any atom is -0.379 e. The molecule has 0 aliphatic heterocycles. The normalized spacial score (nSPS) is 11.2. The Morgan fingerprint density at radius 1 is 1.17 bits per heavy atom. The van der Waals surface area contributed by atoms with Gasteiger partial charge in [0, 0.05) is 34.4 Å². The van der Waals surface area contributed by atoms with Gasteiger partial charge in [-0.1, -0.05) is 13.3 Å². The Balaban J connectivity index is 0.00000529. The molecule has 1 aromatic heterocycles. The second kappa shape index (κ2) is 16.6. The quantitative estimate of drug-likeness (QED) is 0.184. The van der Waals surface area contributed by atoms with Crippen LogP contribution in [0, 0.1) is 0 Å². The molecule has 0 aliphatic rings. The number of nitrogens with zero attached hydrogens (tertiary/aromatic N) is 1. The number of unbranched alkanes of at least 4 members (excludes halogenated alkanes) is 1. The van der Waals surface area contributed by atoms with Crippen LogP contribution < -0.4 is 10.6 Å². The summed E-state index contributed by atoms with van der Waals surface area (Å²) in [5.74, 6) is 0.819. The molecular formula is C16H29BrIN3O2S. The van der Waals surface area contributed by atoms with Gasteiger partial charge in [0.15, 0.2) is 5.96 Å². The molecule has 1 heterocycles. The highest BCUT2D eigenvalue weighted by Gasteiger charge is 1.99. The van der Waals surface area contributed by atoms with E-state index in [1.165, 1.54) is 11.3 Å². The van der Waals surface area contributed by atoms with Crippen LogP contribution in [0.3, 0.4) is 0 Å². The minimum atomic E-state index is 0. The van der Waals surface area contributed by atoms with E-state index in [1.54, 1.807) is 11.3 Å². The van der Waals surface area contributed by atoms with Crippen LogP contribution in [0.2, 0.25) is 0 Å². The highest BCUT2D eigenvalue weighted by Crippen LogP contribution is 2.20. The summed E-state index contributed by atoms with van der Waals surface area (Å²) in [6.07, 6.45) is 2.28. The Bertz CT molecular complexity index is 447. The lowest BCUT2D eigenvalue weighted by atomic mass is 10.4. The van der Waals surface area contributed by atoms with Crippen molar-refractivity contribution in [3.05, 3.63) is 20.8 Å². The van der Waals surface area contributed by atoms with E-state index in [2.05, 4.69) is 56.8 Å². The lowest BCUT2D eigenvalue weighted by molar-refractivity contribution is 0.0487. The molecular weight excluding hydrogens is 505 g/mol. The zero-order valence-electron chi connectivity index (χ0n) is 14.5. The maximum Gasteiger partial charge on any atom is 0.191 e. The van der Waals surface area contributed by atoms with Crippen LogP contribution in [-0.4, -0.2) is 45.5 Å². The first-order valence-corrected chi connectivity index (χ1v) is 9.84. The second-order valence-electron chi connectivity index (χ2n) is 4.93. The van der Waals surface area contributed by atoms with E-state index in [9.17, 15) is 0 Å². The van der Waals surface area contributed by atoms with Crippen molar-refractivity contribution in [3.63, 3.8) is 0 Å². The molecule has 0 saturated carbocycles. The van der Waals surface area contributed by atoms with Crippen molar-refractivity contribution in [2.75, 3.05) is 39.5 Å². The number of halogens is 2. The SMILES string of the molecule is CCCCOCCOCCNC(=NCc1cc(Br)cs1)NCC.I. The summed E-state index contributed by atoms with van der Waals surface area (Å²) in [6, 6.07) is 2.10. The lowest BCUT2D eigenvalue weighted by Crippen LogP contribution is -2.39. The van der Waals surface area contributed by atoms with Crippen molar-refractivity contribution < 1.29 is 9.47 Å². The topological polar surface area (TPSA) is 54.9 Å². The van der Waals surface area contributed by atoms with Crippen LogP contribution in [-0.2, 0) is 16.0 Å². The smallest absolute Gasteiger partial charge is 0.191 e. The van der Waals surface area contributed by atoms with Gasteiger partial charge in [0.1, 0.15) is 0 Å². The van der Waals surface area contributed by atoms with Gasteiger partial charge >= 0.3 is 0 Å². The summed E-state index contributed by atoms with van der Waals surface area (Å²) in [5.41, 5.74) is 0. The maximum atomic E-state index is 5.53. The third-order valence-electron chi connectivity index (χ3n) is 2.91. The van der Waals surface area contributed by atoms with E-state index in [0.717, 1.165) is 36.5 Å². The molecule has 8 heteroatoms. The van der Waals surface area contributed by atoms with Gasteiger partial charge < -0.3 is 20.1 Å². The highest BCUT2D eigenvalue weighted by molar-refractivity contribution is 14.0. The third kappa shape index (κ3) is 12.5. The summed E-state index contributed by atoms with van der Waals surface area (Å²) in [4.78, 5) is 5.80. The van der Waals surface area contributed by atoms with Gasteiger partial charge in [-0.15, -0.1) is 35.3 Å². The summed E-state index contributed by atoms with van der Waals surface area (Å²) < 4.78 is 12.1. The first kappa shape index (κ1) is 24.1. The molecule has 0 unspecified atom stereocenters. The van der Waals surface area contributed by atoms with Gasteiger partial charge in [-0.25, -0.2) is 4.99 Å². The molecule has 0 spiro atoms. The fraction of sp³-hybridized carbons (Fsp3) is 0.688. The number of hydrogen-bond donors (Lipinski definition) is 2. The van der Waals surface area contributed by atoms with Crippen LogP contribution >= 0.6 is 51.2 Å². The molecule has 24 heavy (non-hydrogen) atoms. The number of hydrogen-bond acceptors (Lipinski definition) is 4. The summed E-state index contributed by atoms with van der Waals surface area (Å²) >= 11 is 5.16. The predicted octanol–water partition coefficient (Wildman–Crippen LogP) is 4.02. The summed E-state index contributed by atoms with van der Waals surface area (Å²) in [5, 5.41) is 8.58. The zero-order chi connectivity index (χ0) is 16.8. The van der Waals surface area contributed by atoms with Crippen molar-refractivity contribution in [2.45, 2.75) is 33.2 Å². The molecule has 0 saturated heterocycles. The Kier molecular flexibility index (Phi) is 16.6. The largest absolute Gasteiger partial charge is 0.379 e. The molecule has 2 N–H and O–H groups in total. The lowest BCUT2D eigenvalue weighted by Gasteiger charge is -2.11. The van der Waals surface area contributed by atoms with Gasteiger partial charge in [-0.2, -0.15) is 0 Å². The molecule has 0 atom stereocenters. The van der Waals surface area contributed by atoms with Crippen molar-refractivity contribution in [1.29, 1.82) is 0 Å². The van der Waals surface area contributed by atoms with Crippen LogP contribution in [0.1, 0.15) is 31.6 Å². The number of ether oxygens (including phenoxy) is 2. The second-order valence-corrected chi connectivity index (χ2v) is 6.84. The molecule has 5 nitrogen and oxygen atoms in total. The van der Waals surface area contributed by atoms with Gasteiger partial charge in [0.2, 0.25) is 0 Å². The number of nitrogens with one attached hydrogen (secondary N) is 2. The first-order valence-electron chi connectivity index (χ1n) is 8.16. The molecule has 0 amide bonds. The molecule has 0 aliphatic carbocycles. The van der Waals surface area contributed by atoms with Crippen LogP contribution in [0.25, 0.3) is 0 Å². The molecule has 140 valence electrons. The molecule has 0 fully saturated rings. The van der Waals surface area contributed by atoms with Crippen molar-refractivity contribution >= 4 is 57.2 Å². The van der Waals surface area contributed by atoms with Crippen molar-refractivity contribution in [3.8, 4) is 0 Å². The number of rotatable bonds is 12. The van der Waals surface area contributed by atoms with Crippen LogP contribution in [0.5, 0.6) is 0 Å². The van der Waals surface area contributed by atoms with Crippen molar-refractivity contribution in [2.24, 2.45) is 4.99 Å². The molecule has 1 aromatic rings. The van der Waals surface area contributed by atoms with Gasteiger partial charge in [-0.05, 0) is 35.3 Å². The molecule has 0 aromatic carbocycles. The number of thiophene rings is 1. The van der Waals surface area contributed by atoms with Gasteiger partial charge in [-0.3, -0.25) is 0 Å². The number of aliphatic imine (C=N–C) groups is 1. The average molecular weight is 534 g/mol. The van der Waals surface area contributed by atoms with Crippen molar-refractivity contribution in [1.82, 2.24) is 10.6 Å². The van der Waals surface area contributed by atoms with Crippen LogP contribution in [0.15, 0.2) is 20.9 Å². The van der Waals surface area contributed by atoms with E-state index in [0.29, 0.717) is 26.4 Å². The third-order valence-corrected chi connectivity index (χ3v) is 4.59. The Morgan fingerprint density at radius 2 is 1.92 bits per heavy atom.